The van der Waals surface area contributed by atoms with Gasteiger partial charge in [0.1, 0.15) is 11.7 Å². The summed E-state index contributed by atoms with van der Waals surface area (Å²) < 4.78 is 0. The zero-order valence-corrected chi connectivity index (χ0v) is 19.4. The number of rotatable bonds is 7. The average molecular weight is 488 g/mol. The summed E-state index contributed by atoms with van der Waals surface area (Å²) >= 11 is 6.11. The van der Waals surface area contributed by atoms with E-state index >= 15 is 0 Å². The van der Waals surface area contributed by atoms with Gasteiger partial charge in [0.2, 0.25) is 0 Å². The first-order chi connectivity index (χ1) is 17.0. The third kappa shape index (κ3) is 5.66. The van der Waals surface area contributed by atoms with Crippen molar-refractivity contribution in [2.75, 3.05) is 36.9 Å². The van der Waals surface area contributed by atoms with Crippen LogP contribution in [0.25, 0.3) is 0 Å². The number of aliphatic hydroxyl groups is 1. The molecule has 35 heavy (non-hydrogen) atoms. The summed E-state index contributed by atoms with van der Waals surface area (Å²) in [4.78, 5) is 36.4. The number of halogens is 1. The molecule has 0 aliphatic carbocycles. The zero-order valence-electron chi connectivity index (χ0n) is 18.7. The van der Waals surface area contributed by atoms with Gasteiger partial charge in [0.25, 0.3) is 11.8 Å². The van der Waals surface area contributed by atoms with Crippen LogP contribution in [0.5, 0.6) is 0 Å². The summed E-state index contributed by atoms with van der Waals surface area (Å²) in [5, 5.41) is 15.0. The van der Waals surface area contributed by atoms with Crippen LogP contribution in [0.2, 0.25) is 5.02 Å². The summed E-state index contributed by atoms with van der Waals surface area (Å²) in [6.45, 7) is 1.97. The van der Waals surface area contributed by atoms with E-state index < -0.39 is 5.91 Å². The van der Waals surface area contributed by atoms with Crippen molar-refractivity contribution in [1.82, 2.24) is 9.88 Å². The smallest absolute Gasteiger partial charge is 0.258 e. The van der Waals surface area contributed by atoms with E-state index in [1.165, 1.54) is 12.3 Å². The quantitative estimate of drug-likeness (QED) is 0.443. The van der Waals surface area contributed by atoms with Crippen LogP contribution in [-0.2, 0) is 0 Å². The van der Waals surface area contributed by atoms with E-state index in [0.29, 0.717) is 40.7 Å². The first-order valence-corrected chi connectivity index (χ1v) is 11.2. The molecule has 0 bridgehead atoms. The first kappa shape index (κ1) is 24.0. The molecule has 176 valence electrons. The Morgan fingerprint density at radius 3 is 2.57 bits per heavy atom. The zero-order chi connectivity index (χ0) is 24.8. The lowest BCUT2D eigenvalue weighted by molar-refractivity contribution is 0.102. The van der Waals surface area contributed by atoms with Gasteiger partial charge in [-0.3, -0.25) is 14.6 Å². The highest BCUT2D eigenvalue weighted by molar-refractivity contribution is 6.31. The number of aliphatic hydroxyl groups excluding tert-OH is 1. The molecular weight excluding hydrogens is 466 g/mol. The van der Waals surface area contributed by atoms with Gasteiger partial charge in [-0.2, -0.15) is 0 Å². The Balaban J connectivity index is 1.49. The number of hydrogen-bond acceptors (Lipinski definition) is 6. The summed E-state index contributed by atoms with van der Waals surface area (Å²) in [6, 6.07) is 14.9. The second-order valence-corrected chi connectivity index (χ2v) is 8.10. The summed E-state index contributed by atoms with van der Waals surface area (Å²) in [6.07, 6.45) is 6.80. The van der Waals surface area contributed by atoms with E-state index in [1.807, 2.05) is 17.0 Å². The maximum absolute atomic E-state index is 12.9. The molecule has 0 unspecified atom stereocenters. The van der Waals surface area contributed by atoms with Gasteiger partial charge in [0, 0.05) is 41.0 Å². The lowest BCUT2D eigenvalue weighted by Gasteiger charge is -2.19. The molecule has 0 radical (unpaired) electrons. The monoisotopic (exact) mass is 487 g/mol. The fourth-order valence-corrected chi connectivity index (χ4v) is 3.78. The fraction of sp³-hybridized carbons (Fsp3) is 0.154. The normalized spacial score (nSPS) is 12.6. The molecule has 3 aromatic rings. The van der Waals surface area contributed by atoms with Gasteiger partial charge in [0.15, 0.2) is 0 Å². The maximum atomic E-state index is 12.9. The number of benzene rings is 2. The van der Waals surface area contributed by atoms with Gasteiger partial charge in [0.05, 0.1) is 24.4 Å². The summed E-state index contributed by atoms with van der Waals surface area (Å²) in [5.74, 6) is 2.70. The molecule has 1 aliphatic heterocycles. The highest BCUT2D eigenvalue weighted by Crippen LogP contribution is 2.23. The number of aliphatic imine (C=N–C) groups is 1. The van der Waals surface area contributed by atoms with Gasteiger partial charge < -0.3 is 20.6 Å². The standard InChI is InChI=1S/C26H22ClN5O3/c1-2-17-3-10-23(29-16-17)31-26(35)21-15-20(27)8-9-22(21)30-25(34)19-6-4-18(5-7-19)24-28-11-12-32(24)13-14-33/h1,3-10,15-16,33H,11-14H2,(H,30,34)(H,29,31,35). The number of terminal acetylenes is 1. The molecule has 2 amide bonds. The van der Waals surface area contributed by atoms with Gasteiger partial charge >= 0.3 is 0 Å². The highest BCUT2D eigenvalue weighted by atomic mass is 35.5. The molecular formula is C26H22ClN5O3. The SMILES string of the molecule is C#Cc1ccc(NC(=O)c2cc(Cl)ccc2NC(=O)c2ccc(C3=NCCN3CCO)cc2)nc1. The molecule has 0 saturated carbocycles. The van der Waals surface area contributed by atoms with Crippen molar-refractivity contribution in [2.45, 2.75) is 0 Å². The number of nitrogens with zero attached hydrogens (tertiary/aromatic N) is 3. The number of aromatic nitrogens is 1. The van der Waals surface area contributed by atoms with Crippen molar-refractivity contribution in [3.05, 3.63) is 88.1 Å². The minimum Gasteiger partial charge on any atom is -0.395 e. The van der Waals surface area contributed by atoms with Crippen molar-refractivity contribution in [2.24, 2.45) is 4.99 Å². The molecule has 2 heterocycles. The molecule has 2 aromatic carbocycles. The molecule has 0 atom stereocenters. The average Bonchev–Trinajstić information content (AvgIpc) is 3.34. The number of β-amino-alcohol motifs (C(OH)–C–C–N with tert-alkyl or cyclic N) is 1. The van der Waals surface area contributed by atoms with Gasteiger partial charge in [-0.25, -0.2) is 4.98 Å². The topological polar surface area (TPSA) is 107 Å². The van der Waals surface area contributed by atoms with E-state index in [-0.39, 0.29) is 18.1 Å². The second kappa shape index (κ2) is 10.8. The van der Waals surface area contributed by atoms with Crippen LogP contribution in [0.3, 0.4) is 0 Å². The molecule has 0 fully saturated rings. The maximum Gasteiger partial charge on any atom is 0.258 e. The van der Waals surface area contributed by atoms with Gasteiger partial charge in [-0.05, 0) is 42.5 Å². The van der Waals surface area contributed by atoms with Crippen molar-refractivity contribution in [3.8, 4) is 12.3 Å². The number of carbonyl (C=O) groups excluding carboxylic acids is 2. The Morgan fingerprint density at radius 1 is 1.09 bits per heavy atom. The molecule has 0 saturated heterocycles. The second-order valence-electron chi connectivity index (χ2n) is 7.67. The molecule has 1 aliphatic rings. The first-order valence-electron chi connectivity index (χ1n) is 10.8. The Morgan fingerprint density at radius 2 is 1.89 bits per heavy atom. The predicted molar refractivity (Wildman–Crippen MR) is 136 cm³/mol. The van der Waals surface area contributed by atoms with Crippen LogP contribution in [0, 0.1) is 12.3 Å². The largest absolute Gasteiger partial charge is 0.395 e. The Hall–Kier alpha value is -4.19. The van der Waals surface area contributed by atoms with Crippen LogP contribution in [-0.4, -0.2) is 58.9 Å². The van der Waals surface area contributed by atoms with Crippen LogP contribution in [0.4, 0.5) is 11.5 Å². The molecule has 3 N–H and O–H groups in total. The third-order valence-corrected chi connectivity index (χ3v) is 5.59. The summed E-state index contributed by atoms with van der Waals surface area (Å²) in [5.41, 5.74) is 2.35. The minimum atomic E-state index is -0.484. The van der Waals surface area contributed by atoms with Gasteiger partial charge in [-0.15, -0.1) is 6.42 Å². The molecule has 0 spiro atoms. The highest BCUT2D eigenvalue weighted by Gasteiger charge is 2.19. The number of hydrogen-bond donors (Lipinski definition) is 3. The minimum absolute atomic E-state index is 0.0444. The fourth-order valence-electron chi connectivity index (χ4n) is 3.61. The number of anilines is 2. The van der Waals surface area contributed by atoms with Crippen LogP contribution >= 0.6 is 11.6 Å². The Labute approximate surface area is 207 Å². The lowest BCUT2D eigenvalue weighted by Crippen LogP contribution is -2.31. The van der Waals surface area contributed by atoms with E-state index in [1.54, 1.807) is 36.4 Å². The van der Waals surface area contributed by atoms with Crippen LogP contribution < -0.4 is 10.6 Å². The number of pyridine rings is 1. The number of amides is 2. The third-order valence-electron chi connectivity index (χ3n) is 5.35. The molecule has 4 rings (SSSR count). The number of nitrogens with one attached hydrogen (secondary N) is 2. The molecule has 9 heteroatoms. The van der Waals surface area contributed by atoms with Crippen LogP contribution in [0.15, 0.2) is 65.8 Å². The van der Waals surface area contributed by atoms with Crippen molar-refractivity contribution < 1.29 is 14.7 Å². The predicted octanol–water partition coefficient (Wildman–Crippen LogP) is 3.28. The Kier molecular flexibility index (Phi) is 7.41. The molecule has 1 aromatic heterocycles. The van der Waals surface area contributed by atoms with Gasteiger partial charge in [-0.1, -0.05) is 29.7 Å². The lowest BCUT2D eigenvalue weighted by atomic mass is 10.1. The molecule has 8 nitrogen and oxygen atoms in total. The number of carbonyl (C=O) groups is 2. The van der Waals surface area contributed by atoms with E-state index in [9.17, 15) is 14.7 Å². The van der Waals surface area contributed by atoms with E-state index in [0.717, 1.165) is 17.9 Å². The number of amidine groups is 1. The van der Waals surface area contributed by atoms with E-state index in [4.69, 9.17) is 18.0 Å². The Bertz CT molecular complexity index is 1310. The van der Waals surface area contributed by atoms with Crippen molar-refractivity contribution in [3.63, 3.8) is 0 Å². The van der Waals surface area contributed by atoms with E-state index in [2.05, 4.69) is 26.5 Å². The van der Waals surface area contributed by atoms with Crippen molar-refractivity contribution >= 4 is 40.8 Å². The van der Waals surface area contributed by atoms with Crippen LogP contribution in [0.1, 0.15) is 31.8 Å². The van der Waals surface area contributed by atoms with Crippen molar-refractivity contribution in [1.29, 1.82) is 0 Å². The summed E-state index contributed by atoms with van der Waals surface area (Å²) in [7, 11) is 0.